The normalized spacial score (nSPS) is 11.5. The Kier molecular flexibility index (Phi) is 6.36. The Morgan fingerprint density at radius 3 is 2.64 bits per heavy atom. The number of rotatable bonds is 6. The number of ether oxygens (including phenoxy) is 2. The summed E-state index contributed by atoms with van der Waals surface area (Å²) in [6, 6.07) is 10.6. The lowest BCUT2D eigenvalue weighted by Gasteiger charge is -2.15. The minimum atomic E-state index is -1.07. The highest BCUT2D eigenvalue weighted by Crippen LogP contribution is 2.27. The number of amides is 1. The summed E-state index contributed by atoms with van der Waals surface area (Å²) >= 11 is 5.90. The van der Waals surface area contributed by atoms with E-state index in [4.69, 9.17) is 21.1 Å². The number of benzene rings is 2. The minimum absolute atomic E-state index is 0.205. The Labute approximate surface area is 149 Å². The maximum absolute atomic E-state index is 13.5. The number of nitrogens with one attached hydrogen (secondary N) is 1. The van der Waals surface area contributed by atoms with Crippen molar-refractivity contribution in [1.82, 2.24) is 0 Å². The van der Waals surface area contributed by atoms with E-state index in [1.54, 1.807) is 18.2 Å². The summed E-state index contributed by atoms with van der Waals surface area (Å²) in [5, 5.41) is 3.00. The van der Waals surface area contributed by atoms with Crippen LogP contribution in [-0.2, 0) is 20.7 Å². The van der Waals surface area contributed by atoms with Gasteiger partial charge in [-0.2, -0.15) is 0 Å². The van der Waals surface area contributed by atoms with E-state index in [2.05, 4.69) is 5.32 Å². The van der Waals surface area contributed by atoms with Gasteiger partial charge in [0.15, 0.2) is 6.10 Å². The van der Waals surface area contributed by atoms with E-state index >= 15 is 0 Å². The van der Waals surface area contributed by atoms with Gasteiger partial charge in [0.1, 0.15) is 11.6 Å². The molecule has 0 spiro atoms. The van der Waals surface area contributed by atoms with Gasteiger partial charge in [0.2, 0.25) is 0 Å². The Bertz CT molecular complexity index is 781. The Balaban J connectivity index is 1.97. The van der Waals surface area contributed by atoms with Crippen LogP contribution in [0.25, 0.3) is 0 Å². The van der Waals surface area contributed by atoms with Crippen molar-refractivity contribution in [2.75, 3.05) is 12.4 Å². The quantitative estimate of drug-likeness (QED) is 0.794. The molecule has 1 N–H and O–H groups in total. The fourth-order valence-electron chi connectivity index (χ4n) is 2.10. The number of anilines is 1. The minimum Gasteiger partial charge on any atom is -0.495 e. The zero-order chi connectivity index (χ0) is 18.4. The number of carbonyl (C=O) groups is 2. The molecular weight excluding hydrogens is 349 g/mol. The van der Waals surface area contributed by atoms with Crippen LogP contribution in [0.15, 0.2) is 42.5 Å². The van der Waals surface area contributed by atoms with Gasteiger partial charge in [-0.05, 0) is 36.8 Å². The zero-order valence-corrected chi connectivity index (χ0v) is 14.5. The highest BCUT2D eigenvalue weighted by Gasteiger charge is 2.20. The lowest BCUT2D eigenvalue weighted by Crippen LogP contribution is -2.30. The summed E-state index contributed by atoms with van der Waals surface area (Å²) in [7, 11) is 1.46. The molecule has 0 heterocycles. The maximum atomic E-state index is 13.5. The third-order valence-corrected chi connectivity index (χ3v) is 3.62. The molecule has 2 aromatic rings. The molecule has 5 nitrogen and oxygen atoms in total. The van der Waals surface area contributed by atoms with Crippen molar-refractivity contribution >= 4 is 29.2 Å². The van der Waals surface area contributed by atoms with Crippen molar-refractivity contribution in [3.05, 3.63) is 58.9 Å². The third kappa shape index (κ3) is 5.19. The van der Waals surface area contributed by atoms with Crippen LogP contribution in [0.4, 0.5) is 10.1 Å². The van der Waals surface area contributed by atoms with Crippen LogP contribution in [0.1, 0.15) is 12.5 Å². The van der Waals surface area contributed by atoms with Gasteiger partial charge < -0.3 is 14.8 Å². The summed E-state index contributed by atoms with van der Waals surface area (Å²) in [5.41, 5.74) is 0.564. The van der Waals surface area contributed by atoms with Crippen molar-refractivity contribution in [3.63, 3.8) is 0 Å². The van der Waals surface area contributed by atoms with E-state index in [1.807, 2.05) is 0 Å². The lowest BCUT2D eigenvalue weighted by atomic mass is 10.1. The van der Waals surface area contributed by atoms with E-state index in [-0.39, 0.29) is 12.0 Å². The van der Waals surface area contributed by atoms with Crippen LogP contribution in [0.3, 0.4) is 0 Å². The monoisotopic (exact) mass is 365 g/mol. The molecule has 0 aliphatic rings. The highest BCUT2D eigenvalue weighted by atomic mass is 35.5. The standard InChI is InChI=1S/C18H17ClFNO4/c1-11(25-17(22)9-12-5-3-4-6-14(12)20)18(23)21-15-10-13(19)7-8-16(15)24-2/h3-8,10-11H,9H2,1-2H3,(H,21,23)/t11-/m0/s1. The van der Waals surface area contributed by atoms with E-state index < -0.39 is 23.8 Å². The van der Waals surface area contributed by atoms with Gasteiger partial charge in [-0.15, -0.1) is 0 Å². The van der Waals surface area contributed by atoms with Crippen LogP contribution in [0.2, 0.25) is 5.02 Å². The Hall–Kier alpha value is -2.60. The fraction of sp³-hybridized carbons (Fsp3) is 0.222. The van der Waals surface area contributed by atoms with E-state index in [9.17, 15) is 14.0 Å². The number of hydrogen-bond acceptors (Lipinski definition) is 4. The third-order valence-electron chi connectivity index (χ3n) is 3.39. The second-order valence-electron chi connectivity index (χ2n) is 5.23. The van der Waals surface area contributed by atoms with Gasteiger partial charge in [0, 0.05) is 5.02 Å². The first-order chi connectivity index (χ1) is 11.9. The number of methoxy groups -OCH3 is 1. The molecule has 2 rings (SSSR count). The first kappa shape index (κ1) is 18.7. The number of esters is 1. The van der Waals surface area contributed by atoms with Gasteiger partial charge in [0.05, 0.1) is 19.2 Å². The zero-order valence-electron chi connectivity index (χ0n) is 13.7. The molecule has 1 amide bonds. The summed E-state index contributed by atoms with van der Waals surface area (Å²) in [6.07, 6.45) is -1.33. The molecule has 132 valence electrons. The van der Waals surface area contributed by atoms with Gasteiger partial charge >= 0.3 is 5.97 Å². The highest BCUT2D eigenvalue weighted by molar-refractivity contribution is 6.31. The lowest BCUT2D eigenvalue weighted by molar-refractivity contribution is -0.152. The molecule has 7 heteroatoms. The Morgan fingerprint density at radius 2 is 1.96 bits per heavy atom. The molecule has 0 radical (unpaired) electrons. The van der Waals surface area contributed by atoms with E-state index in [0.29, 0.717) is 16.5 Å². The van der Waals surface area contributed by atoms with Crippen molar-refractivity contribution in [3.8, 4) is 5.75 Å². The Morgan fingerprint density at radius 1 is 1.24 bits per heavy atom. The average Bonchev–Trinajstić information content (AvgIpc) is 2.57. The van der Waals surface area contributed by atoms with Gasteiger partial charge in [0.25, 0.3) is 5.91 Å². The molecule has 25 heavy (non-hydrogen) atoms. The SMILES string of the molecule is COc1ccc(Cl)cc1NC(=O)[C@H](C)OC(=O)Cc1ccccc1F. The smallest absolute Gasteiger partial charge is 0.311 e. The number of halogens is 2. The second kappa shape index (κ2) is 8.48. The predicted molar refractivity (Wildman–Crippen MR) is 92.3 cm³/mol. The summed E-state index contributed by atoms with van der Waals surface area (Å²) in [6.45, 7) is 1.42. The molecule has 0 fully saturated rings. The molecule has 0 aromatic heterocycles. The molecule has 0 aliphatic carbocycles. The van der Waals surface area contributed by atoms with Crippen molar-refractivity contribution in [2.45, 2.75) is 19.4 Å². The first-order valence-electron chi connectivity index (χ1n) is 7.48. The number of hydrogen-bond donors (Lipinski definition) is 1. The number of carbonyl (C=O) groups excluding carboxylic acids is 2. The van der Waals surface area contributed by atoms with Gasteiger partial charge in [-0.1, -0.05) is 29.8 Å². The largest absolute Gasteiger partial charge is 0.495 e. The van der Waals surface area contributed by atoms with Crippen molar-refractivity contribution < 1.29 is 23.5 Å². The first-order valence-corrected chi connectivity index (χ1v) is 7.85. The maximum Gasteiger partial charge on any atom is 0.311 e. The average molecular weight is 366 g/mol. The molecule has 0 bridgehead atoms. The molecule has 0 unspecified atom stereocenters. The summed E-state index contributed by atoms with van der Waals surface area (Å²) in [5.74, 6) is -1.34. The molecule has 1 atom stereocenters. The topological polar surface area (TPSA) is 64.6 Å². The molecule has 0 saturated heterocycles. The molecular formula is C18H17ClFNO4. The van der Waals surface area contributed by atoms with Crippen molar-refractivity contribution in [1.29, 1.82) is 0 Å². The molecule has 0 aliphatic heterocycles. The van der Waals surface area contributed by atoms with E-state index in [0.717, 1.165) is 0 Å². The second-order valence-corrected chi connectivity index (χ2v) is 5.67. The summed E-state index contributed by atoms with van der Waals surface area (Å²) < 4.78 is 23.7. The van der Waals surface area contributed by atoms with Crippen LogP contribution in [0.5, 0.6) is 5.75 Å². The van der Waals surface area contributed by atoms with Gasteiger partial charge in [-0.25, -0.2) is 4.39 Å². The van der Waals surface area contributed by atoms with Crippen LogP contribution < -0.4 is 10.1 Å². The van der Waals surface area contributed by atoms with E-state index in [1.165, 1.54) is 38.3 Å². The van der Waals surface area contributed by atoms with Gasteiger partial charge in [-0.3, -0.25) is 9.59 Å². The predicted octanol–water partition coefficient (Wildman–Crippen LogP) is 3.60. The molecule has 2 aromatic carbocycles. The van der Waals surface area contributed by atoms with Crippen LogP contribution in [0, 0.1) is 5.82 Å². The molecule has 0 saturated carbocycles. The van der Waals surface area contributed by atoms with Crippen LogP contribution >= 0.6 is 11.6 Å². The fourth-order valence-corrected chi connectivity index (χ4v) is 2.27. The summed E-state index contributed by atoms with van der Waals surface area (Å²) in [4.78, 5) is 24.1. The van der Waals surface area contributed by atoms with Crippen molar-refractivity contribution in [2.24, 2.45) is 0 Å². The van der Waals surface area contributed by atoms with Crippen LogP contribution in [-0.4, -0.2) is 25.1 Å².